The minimum atomic E-state index is -1.13. The molecule has 2 rings (SSSR count). The number of hydrogen-bond acceptors (Lipinski definition) is 7. The van der Waals surface area contributed by atoms with E-state index >= 15 is 0 Å². The molecule has 0 saturated carbocycles. The standard InChI is InChI=1S/C19H22N2O6S2/c1-4-27-13-6-5-12(9-14(13)26-3)10-15-17(23)21(19(28)29-15)8-7-16(22)20-11(2)18(24)25/h5-6,9-11H,4,7-8H2,1-3H3,(H,20,22)(H,24,25)/b15-10-. The molecule has 0 radical (unpaired) electrons. The van der Waals surface area contributed by atoms with Crippen LogP contribution in [0.3, 0.4) is 0 Å². The fourth-order valence-electron chi connectivity index (χ4n) is 2.48. The van der Waals surface area contributed by atoms with E-state index in [9.17, 15) is 14.4 Å². The Bertz CT molecular complexity index is 855. The molecule has 1 heterocycles. The first kappa shape index (κ1) is 22.7. The Kier molecular flexibility index (Phi) is 8.03. The van der Waals surface area contributed by atoms with Gasteiger partial charge in [0, 0.05) is 13.0 Å². The van der Waals surface area contributed by atoms with Crippen LogP contribution in [0.25, 0.3) is 6.08 Å². The molecule has 1 fully saturated rings. The van der Waals surface area contributed by atoms with Crippen LogP contribution in [-0.2, 0) is 14.4 Å². The number of carbonyl (C=O) groups is 3. The number of benzene rings is 1. The Morgan fingerprint density at radius 1 is 1.38 bits per heavy atom. The third kappa shape index (κ3) is 5.94. The Morgan fingerprint density at radius 3 is 2.72 bits per heavy atom. The van der Waals surface area contributed by atoms with Crippen LogP contribution in [0.15, 0.2) is 23.1 Å². The lowest BCUT2D eigenvalue weighted by Crippen LogP contribution is -2.40. The van der Waals surface area contributed by atoms with Crippen LogP contribution in [0, 0.1) is 0 Å². The van der Waals surface area contributed by atoms with Gasteiger partial charge in [0.25, 0.3) is 5.91 Å². The van der Waals surface area contributed by atoms with E-state index in [0.717, 1.165) is 17.3 Å². The average molecular weight is 439 g/mol. The number of rotatable bonds is 9. The van der Waals surface area contributed by atoms with Crippen molar-refractivity contribution in [1.29, 1.82) is 0 Å². The van der Waals surface area contributed by atoms with Crippen LogP contribution >= 0.6 is 24.0 Å². The number of nitrogens with one attached hydrogen (secondary N) is 1. The van der Waals surface area contributed by atoms with Crippen LogP contribution in [0.2, 0.25) is 0 Å². The highest BCUT2D eigenvalue weighted by Crippen LogP contribution is 2.34. The molecule has 10 heteroatoms. The number of methoxy groups -OCH3 is 1. The van der Waals surface area contributed by atoms with Crippen molar-refractivity contribution in [2.75, 3.05) is 20.3 Å². The molecule has 1 aliphatic heterocycles. The summed E-state index contributed by atoms with van der Waals surface area (Å²) >= 11 is 6.40. The number of ether oxygens (including phenoxy) is 2. The second-order valence-corrected chi connectivity index (χ2v) is 7.73. The summed E-state index contributed by atoms with van der Waals surface area (Å²) in [5, 5.41) is 11.2. The molecule has 0 aliphatic carbocycles. The fourth-order valence-corrected chi connectivity index (χ4v) is 3.79. The number of carbonyl (C=O) groups excluding carboxylic acids is 2. The quantitative estimate of drug-likeness (QED) is 0.447. The largest absolute Gasteiger partial charge is 0.493 e. The summed E-state index contributed by atoms with van der Waals surface area (Å²) in [6.45, 7) is 3.83. The zero-order valence-electron chi connectivity index (χ0n) is 16.3. The lowest BCUT2D eigenvalue weighted by atomic mass is 10.2. The third-order valence-electron chi connectivity index (χ3n) is 3.97. The monoisotopic (exact) mass is 438 g/mol. The molecule has 2 amide bonds. The Morgan fingerprint density at radius 2 is 2.10 bits per heavy atom. The molecule has 1 aliphatic rings. The van der Waals surface area contributed by atoms with E-state index in [1.54, 1.807) is 24.3 Å². The number of nitrogens with zero attached hydrogens (tertiary/aromatic N) is 1. The van der Waals surface area contributed by atoms with Gasteiger partial charge in [0.05, 0.1) is 18.6 Å². The molecule has 0 spiro atoms. The molecule has 2 N–H and O–H groups in total. The van der Waals surface area contributed by atoms with Crippen LogP contribution in [-0.4, -0.2) is 58.4 Å². The summed E-state index contributed by atoms with van der Waals surface area (Å²) in [6.07, 6.45) is 1.65. The highest BCUT2D eigenvalue weighted by Gasteiger charge is 2.32. The SMILES string of the molecule is CCOc1ccc(/C=C2\SC(=S)N(CCC(=O)NC(C)C(=O)O)C2=O)cc1OC. The molecule has 156 valence electrons. The van der Waals surface area contributed by atoms with Crippen LogP contribution < -0.4 is 14.8 Å². The Balaban J connectivity index is 2.06. The molecule has 1 atom stereocenters. The van der Waals surface area contributed by atoms with Gasteiger partial charge >= 0.3 is 5.97 Å². The molecule has 1 saturated heterocycles. The first-order valence-corrected chi connectivity index (χ1v) is 10.1. The van der Waals surface area contributed by atoms with Gasteiger partial charge < -0.3 is 19.9 Å². The summed E-state index contributed by atoms with van der Waals surface area (Å²) in [5.74, 6) is -0.722. The zero-order chi connectivity index (χ0) is 21.6. The Hall–Kier alpha value is -2.59. The second kappa shape index (κ2) is 10.3. The highest BCUT2D eigenvalue weighted by atomic mass is 32.2. The fraction of sp³-hybridized carbons (Fsp3) is 0.368. The van der Waals surface area contributed by atoms with Crippen molar-refractivity contribution in [3.8, 4) is 11.5 Å². The third-order valence-corrected chi connectivity index (χ3v) is 5.35. The summed E-state index contributed by atoms with van der Waals surface area (Å²) in [4.78, 5) is 37.1. The van der Waals surface area contributed by atoms with Crippen molar-refractivity contribution in [2.45, 2.75) is 26.3 Å². The van der Waals surface area contributed by atoms with E-state index in [4.69, 9.17) is 26.8 Å². The van der Waals surface area contributed by atoms with Crippen molar-refractivity contribution >= 4 is 52.2 Å². The number of thiocarbonyl (C=S) groups is 1. The maximum atomic E-state index is 12.7. The molecule has 1 aromatic rings. The van der Waals surface area contributed by atoms with Gasteiger partial charge in [0.1, 0.15) is 10.4 Å². The van der Waals surface area contributed by atoms with Crippen LogP contribution in [0.4, 0.5) is 0 Å². The van der Waals surface area contributed by atoms with Crippen LogP contribution in [0.5, 0.6) is 11.5 Å². The molecule has 0 bridgehead atoms. The van der Waals surface area contributed by atoms with Crippen molar-refractivity contribution in [1.82, 2.24) is 10.2 Å². The number of hydrogen-bond donors (Lipinski definition) is 2. The predicted molar refractivity (Wildman–Crippen MR) is 114 cm³/mol. The lowest BCUT2D eigenvalue weighted by Gasteiger charge is -2.15. The van der Waals surface area contributed by atoms with E-state index in [0.29, 0.717) is 27.3 Å². The number of carboxylic acid groups (broad SMARTS) is 1. The molecular weight excluding hydrogens is 416 g/mol. The lowest BCUT2D eigenvalue weighted by molar-refractivity contribution is -0.141. The summed E-state index contributed by atoms with van der Waals surface area (Å²) in [5.41, 5.74) is 0.749. The molecule has 29 heavy (non-hydrogen) atoms. The first-order chi connectivity index (χ1) is 13.8. The molecule has 1 aromatic carbocycles. The number of carboxylic acids is 1. The van der Waals surface area contributed by atoms with E-state index in [2.05, 4.69) is 5.32 Å². The Labute approximate surface area is 178 Å². The molecular formula is C19H22N2O6S2. The van der Waals surface area contributed by atoms with Gasteiger partial charge in [-0.2, -0.15) is 0 Å². The highest BCUT2D eigenvalue weighted by molar-refractivity contribution is 8.26. The topological polar surface area (TPSA) is 105 Å². The van der Waals surface area contributed by atoms with Gasteiger partial charge in [-0.3, -0.25) is 19.3 Å². The van der Waals surface area contributed by atoms with Gasteiger partial charge in [0.2, 0.25) is 5.91 Å². The number of thioether (sulfide) groups is 1. The smallest absolute Gasteiger partial charge is 0.325 e. The van der Waals surface area contributed by atoms with Crippen molar-refractivity contribution in [3.05, 3.63) is 28.7 Å². The first-order valence-electron chi connectivity index (χ1n) is 8.85. The van der Waals surface area contributed by atoms with Gasteiger partial charge in [-0.15, -0.1) is 0 Å². The van der Waals surface area contributed by atoms with Gasteiger partial charge in [0.15, 0.2) is 11.5 Å². The van der Waals surface area contributed by atoms with Gasteiger partial charge in [-0.05, 0) is 37.6 Å². The van der Waals surface area contributed by atoms with E-state index in [1.807, 2.05) is 6.92 Å². The zero-order valence-corrected chi connectivity index (χ0v) is 17.9. The summed E-state index contributed by atoms with van der Waals surface area (Å²) < 4.78 is 11.1. The number of aliphatic carboxylic acids is 1. The maximum Gasteiger partial charge on any atom is 0.325 e. The predicted octanol–water partition coefficient (Wildman–Crippen LogP) is 2.27. The molecule has 0 aromatic heterocycles. The van der Waals surface area contributed by atoms with E-state index in [1.165, 1.54) is 18.9 Å². The van der Waals surface area contributed by atoms with Crippen molar-refractivity contribution in [2.24, 2.45) is 0 Å². The van der Waals surface area contributed by atoms with Crippen molar-refractivity contribution < 1.29 is 29.0 Å². The van der Waals surface area contributed by atoms with E-state index < -0.39 is 17.9 Å². The number of amides is 2. The normalized spacial score (nSPS) is 16.1. The minimum Gasteiger partial charge on any atom is -0.493 e. The maximum absolute atomic E-state index is 12.7. The summed E-state index contributed by atoms with van der Waals surface area (Å²) in [6, 6.07) is 4.34. The molecule has 1 unspecified atom stereocenters. The van der Waals surface area contributed by atoms with Crippen LogP contribution in [0.1, 0.15) is 25.8 Å². The van der Waals surface area contributed by atoms with Crippen molar-refractivity contribution in [3.63, 3.8) is 0 Å². The van der Waals surface area contributed by atoms with E-state index in [-0.39, 0.29) is 18.9 Å². The minimum absolute atomic E-state index is 0.0474. The molecule has 8 nitrogen and oxygen atoms in total. The average Bonchev–Trinajstić information content (AvgIpc) is 2.94. The van der Waals surface area contributed by atoms with Gasteiger partial charge in [-0.1, -0.05) is 30.0 Å². The second-order valence-electron chi connectivity index (χ2n) is 6.05. The van der Waals surface area contributed by atoms with Gasteiger partial charge in [-0.25, -0.2) is 0 Å². The summed E-state index contributed by atoms with van der Waals surface area (Å²) in [7, 11) is 1.54.